The first-order chi connectivity index (χ1) is 12.1. The van der Waals surface area contributed by atoms with Crippen molar-refractivity contribution in [1.29, 1.82) is 0 Å². The Kier molecular flexibility index (Phi) is 5.14. The number of hydrogen-bond acceptors (Lipinski definition) is 3. The number of rotatable bonds is 5. The Morgan fingerprint density at radius 2 is 1.36 bits per heavy atom. The van der Waals surface area contributed by atoms with Crippen LogP contribution in [0, 0.1) is 0 Å². The van der Waals surface area contributed by atoms with Gasteiger partial charge in [-0.3, -0.25) is 0 Å². The van der Waals surface area contributed by atoms with Gasteiger partial charge in [0.1, 0.15) is 0 Å². The van der Waals surface area contributed by atoms with Crippen LogP contribution in [0.5, 0.6) is 0 Å². The predicted octanol–water partition coefficient (Wildman–Crippen LogP) is 4.70. The quantitative estimate of drug-likeness (QED) is 0.635. The molecule has 25 heavy (non-hydrogen) atoms. The second kappa shape index (κ2) is 7.67. The molecular weight excluding hydrogens is 310 g/mol. The molecule has 0 saturated heterocycles. The van der Waals surface area contributed by atoms with Gasteiger partial charge in [0.15, 0.2) is 6.10 Å². The monoisotopic (exact) mass is 331 g/mol. The van der Waals surface area contributed by atoms with Crippen LogP contribution in [0.4, 0.5) is 5.69 Å². The van der Waals surface area contributed by atoms with Crippen molar-refractivity contribution in [1.82, 2.24) is 0 Å². The summed E-state index contributed by atoms with van der Waals surface area (Å²) in [5.74, 6) is -0.332. The zero-order valence-electron chi connectivity index (χ0n) is 14.4. The average Bonchev–Trinajstić information content (AvgIpc) is 2.67. The van der Waals surface area contributed by atoms with Crippen LogP contribution >= 0.6 is 0 Å². The molecule has 0 aliphatic carbocycles. The minimum absolute atomic E-state index is 0.332. The second-order valence-corrected chi connectivity index (χ2v) is 6.05. The van der Waals surface area contributed by atoms with E-state index < -0.39 is 6.10 Å². The number of ether oxygens (including phenoxy) is 1. The van der Waals surface area contributed by atoms with Crippen molar-refractivity contribution in [3.63, 3.8) is 0 Å². The Morgan fingerprint density at radius 3 is 1.88 bits per heavy atom. The van der Waals surface area contributed by atoms with Crippen LogP contribution in [0.1, 0.15) is 27.6 Å². The molecule has 0 amide bonds. The molecule has 0 unspecified atom stereocenters. The van der Waals surface area contributed by atoms with Crippen LogP contribution in [0.15, 0.2) is 84.9 Å². The lowest BCUT2D eigenvalue weighted by Gasteiger charge is -2.19. The van der Waals surface area contributed by atoms with Gasteiger partial charge >= 0.3 is 5.97 Å². The summed E-state index contributed by atoms with van der Waals surface area (Å²) in [7, 11) is 3.89. The van der Waals surface area contributed by atoms with Gasteiger partial charge in [0.05, 0.1) is 5.56 Å². The molecule has 0 heterocycles. The molecule has 0 N–H and O–H groups in total. The summed E-state index contributed by atoms with van der Waals surface area (Å²) in [5, 5.41) is 0. The van der Waals surface area contributed by atoms with Gasteiger partial charge in [-0.05, 0) is 29.3 Å². The fourth-order valence-corrected chi connectivity index (χ4v) is 2.67. The first kappa shape index (κ1) is 16.8. The van der Waals surface area contributed by atoms with Crippen LogP contribution in [0.2, 0.25) is 0 Å². The fourth-order valence-electron chi connectivity index (χ4n) is 2.67. The van der Waals surface area contributed by atoms with Crippen LogP contribution in [-0.4, -0.2) is 20.1 Å². The minimum atomic E-state index is -0.432. The molecule has 0 bridgehead atoms. The second-order valence-electron chi connectivity index (χ2n) is 6.05. The molecule has 3 rings (SSSR count). The normalized spacial score (nSPS) is 10.5. The summed E-state index contributed by atoms with van der Waals surface area (Å²) < 4.78 is 5.89. The number of esters is 1. The maximum absolute atomic E-state index is 12.7. The van der Waals surface area contributed by atoms with Gasteiger partial charge in [-0.15, -0.1) is 0 Å². The largest absolute Gasteiger partial charge is 0.449 e. The van der Waals surface area contributed by atoms with Gasteiger partial charge in [-0.25, -0.2) is 4.79 Å². The molecule has 3 nitrogen and oxygen atoms in total. The highest BCUT2D eigenvalue weighted by molar-refractivity contribution is 5.90. The number of nitrogens with zero attached hydrogens (tertiary/aromatic N) is 1. The SMILES string of the molecule is CN(C)c1cccc(C(=O)OC(c2ccccc2)c2ccccc2)c1. The van der Waals surface area contributed by atoms with Crippen molar-refractivity contribution in [2.45, 2.75) is 6.10 Å². The zero-order valence-corrected chi connectivity index (χ0v) is 14.4. The predicted molar refractivity (Wildman–Crippen MR) is 101 cm³/mol. The number of anilines is 1. The smallest absolute Gasteiger partial charge is 0.339 e. The van der Waals surface area contributed by atoms with E-state index in [9.17, 15) is 4.79 Å². The first-order valence-corrected chi connectivity index (χ1v) is 8.23. The molecule has 126 valence electrons. The number of benzene rings is 3. The molecule has 0 aromatic heterocycles. The molecule has 0 radical (unpaired) electrons. The van der Waals surface area contributed by atoms with Crippen molar-refractivity contribution in [2.75, 3.05) is 19.0 Å². The Morgan fingerprint density at radius 1 is 0.800 bits per heavy atom. The van der Waals surface area contributed by atoms with Gasteiger partial charge in [-0.1, -0.05) is 66.7 Å². The lowest BCUT2D eigenvalue weighted by molar-refractivity contribution is 0.0378. The highest BCUT2D eigenvalue weighted by Gasteiger charge is 2.20. The summed E-state index contributed by atoms with van der Waals surface area (Å²) in [4.78, 5) is 14.7. The van der Waals surface area contributed by atoms with E-state index in [0.29, 0.717) is 5.56 Å². The Balaban J connectivity index is 1.90. The molecule has 3 aromatic carbocycles. The lowest BCUT2D eigenvalue weighted by Crippen LogP contribution is -2.14. The summed E-state index contributed by atoms with van der Waals surface area (Å²) in [6.45, 7) is 0. The molecule has 0 spiro atoms. The van der Waals surface area contributed by atoms with E-state index in [1.165, 1.54) is 0 Å². The molecule has 0 fully saturated rings. The number of carbonyl (C=O) groups is 1. The van der Waals surface area contributed by atoms with E-state index in [0.717, 1.165) is 16.8 Å². The van der Waals surface area contributed by atoms with Crippen molar-refractivity contribution in [3.8, 4) is 0 Å². The Hall–Kier alpha value is -3.07. The van der Waals surface area contributed by atoms with Gasteiger partial charge in [0.25, 0.3) is 0 Å². The highest BCUT2D eigenvalue weighted by Crippen LogP contribution is 2.27. The number of carbonyl (C=O) groups excluding carboxylic acids is 1. The van der Waals surface area contributed by atoms with E-state index in [1.54, 1.807) is 6.07 Å². The third-order valence-electron chi connectivity index (χ3n) is 4.03. The van der Waals surface area contributed by atoms with Gasteiger partial charge in [-0.2, -0.15) is 0 Å². The standard InChI is InChI=1S/C22H21NO2/c1-23(2)20-15-9-14-19(16-20)22(24)25-21(17-10-5-3-6-11-17)18-12-7-4-8-13-18/h3-16,21H,1-2H3. The van der Waals surface area contributed by atoms with Crippen molar-refractivity contribution < 1.29 is 9.53 Å². The maximum atomic E-state index is 12.7. The summed E-state index contributed by atoms with van der Waals surface area (Å²) >= 11 is 0. The molecule has 0 atom stereocenters. The highest BCUT2D eigenvalue weighted by atomic mass is 16.5. The summed E-state index contributed by atoms with van der Waals surface area (Å²) in [6.07, 6.45) is -0.432. The Labute approximate surface area is 148 Å². The molecule has 3 heteroatoms. The first-order valence-electron chi connectivity index (χ1n) is 8.23. The van der Waals surface area contributed by atoms with Crippen molar-refractivity contribution >= 4 is 11.7 Å². The van der Waals surface area contributed by atoms with E-state index in [-0.39, 0.29) is 5.97 Å². The topological polar surface area (TPSA) is 29.5 Å². The molecule has 0 aliphatic heterocycles. The van der Waals surface area contributed by atoms with E-state index in [4.69, 9.17) is 4.74 Å². The third-order valence-corrected chi connectivity index (χ3v) is 4.03. The summed E-state index contributed by atoms with van der Waals surface area (Å²) in [5.41, 5.74) is 3.41. The summed E-state index contributed by atoms with van der Waals surface area (Å²) in [6, 6.07) is 27.0. The average molecular weight is 331 g/mol. The van der Waals surface area contributed by atoms with Gasteiger partial charge < -0.3 is 9.64 Å². The van der Waals surface area contributed by atoms with Gasteiger partial charge in [0, 0.05) is 19.8 Å². The Bertz CT molecular complexity index is 789. The fraction of sp³-hybridized carbons (Fsp3) is 0.136. The molecule has 0 saturated carbocycles. The van der Waals surface area contributed by atoms with E-state index in [1.807, 2.05) is 97.9 Å². The number of hydrogen-bond donors (Lipinski definition) is 0. The van der Waals surface area contributed by atoms with Crippen LogP contribution in [-0.2, 0) is 4.74 Å². The van der Waals surface area contributed by atoms with E-state index in [2.05, 4.69) is 0 Å². The van der Waals surface area contributed by atoms with Crippen LogP contribution < -0.4 is 4.90 Å². The molecular formula is C22H21NO2. The molecule has 0 aliphatic rings. The zero-order chi connectivity index (χ0) is 17.6. The van der Waals surface area contributed by atoms with Crippen molar-refractivity contribution in [2.24, 2.45) is 0 Å². The van der Waals surface area contributed by atoms with Crippen molar-refractivity contribution in [3.05, 3.63) is 102 Å². The van der Waals surface area contributed by atoms with Gasteiger partial charge in [0.2, 0.25) is 0 Å². The van der Waals surface area contributed by atoms with Crippen LogP contribution in [0.3, 0.4) is 0 Å². The lowest BCUT2D eigenvalue weighted by atomic mass is 10.0. The minimum Gasteiger partial charge on any atom is -0.449 e. The third kappa shape index (κ3) is 4.07. The van der Waals surface area contributed by atoms with E-state index >= 15 is 0 Å². The van der Waals surface area contributed by atoms with Crippen LogP contribution in [0.25, 0.3) is 0 Å². The maximum Gasteiger partial charge on any atom is 0.339 e. The molecule has 3 aromatic rings.